The summed E-state index contributed by atoms with van der Waals surface area (Å²) < 4.78 is 28.6. The number of nitrogens with one attached hydrogen (secondary N) is 1. The van der Waals surface area contributed by atoms with Gasteiger partial charge in [0.05, 0.1) is 4.90 Å². The molecule has 2 aromatic carbocycles. The van der Waals surface area contributed by atoms with Crippen molar-refractivity contribution in [2.24, 2.45) is 0 Å². The summed E-state index contributed by atoms with van der Waals surface area (Å²) in [6.07, 6.45) is 6.00. The minimum atomic E-state index is -3.47. The lowest BCUT2D eigenvalue weighted by Crippen LogP contribution is -2.35. The molecule has 1 saturated heterocycles. The Morgan fingerprint density at radius 3 is 2.18 bits per heavy atom. The SMILES string of the molecule is O=C(C=Cc1c(Br)cccc1Br)Nc1ccc(S(=O)(=O)N2CCCCC2)cc1. The molecule has 0 saturated carbocycles. The molecule has 1 aliphatic rings. The fourth-order valence-corrected chi connectivity index (χ4v) is 5.76. The quantitative estimate of drug-likeness (QED) is 0.554. The molecule has 5 nitrogen and oxygen atoms in total. The van der Waals surface area contributed by atoms with E-state index in [1.807, 2.05) is 18.2 Å². The number of benzene rings is 2. The molecule has 0 atom stereocenters. The van der Waals surface area contributed by atoms with Crippen molar-refractivity contribution in [3.63, 3.8) is 0 Å². The molecule has 1 N–H and O–H groups in total. The van der Waals surface area contributed by atoms with Crippen LogP contribution in [0.15, 0.2) is 62.4 Å². The molecule has 0 unspecified atom stereocenters. The molecule has 8 heteroatoms. The number of carbonyl (C=O) groups is 1. The van der Waals surface area contributed by atoms with E-state index in [4.69, 9.17) is 0 Å². The van der Waals surface area contributed by atoms with E-state index >= 15 is 0 Å². The fourth-order valence-electron chi connectivity index (χ4n) is 2.98. The van der Waals surface area contributed by atoms with Gasteiger partial charge in [-0.2, -0.15) is 4.31 Å². The van der Waals surface area contributed by atoms with Crippen LogP contribution >= 0.6 is 31.9 Å². The van der Waals surface area contributed by atoms with Crippen molar-refractivity contribution >= 4 is 59.6 Å². The maximum atomic E-state index is 12.7. The topological polar surface area (TPSA) is 66.5 Å². The van der Waals surface area contributed by atoms with E-state index in [2.05, 4.69) is 37.2 Å². The zero-order valence-electron chi connectivity index (χ0n) is 15.1. The van der Waals surface area contributed by atoms with Gasteiger partial charge in [-0.05, 0) is 55.3 Å². The average Bonchev–Trinajstić information content (AvgIpc) is 2.69. The van der Waals surface area contributed by atoms with Gasteiger partial charge in [0.25, 0.3) is 0 Å². The number of piperidine rings is 1. The molecule has 28 heavy (non-hydrogen) atoms. The highest BCUT2D eigenvalue weighted by Crippen LogP contribution is 2.26. The maximum absolute atomic E-state index is 12.7. The Bertz CT molecular complexity index is 963. The van der Waals surface area contributed by atoms with Gasteiger partial charge in [0.15, 0.2) is 0 Å². The molecule has 1 heterocycles. The molecule has 2 aromatic rings. The van der Waals surface area contributed by atoms with E-state index in [0.717, 1.165) is 33.8 Å². The van der Waals surface area contributed by atoms with Crippen molar-refractivity contribution in [2.75, 3.05) is 18.4 Å². The predicted molar refractivity (Wildman–Crippen MR) is 119 cm³/mol. The monoisotopic (exact) mass is 526 g/mol. The minimum Gasteiger partial charge on any atom is -0.323 e. The molecular weight excluding hydrogens is 508 g/mol. The zero-order valence-corrected chi connectivity index (χ0v) is 19.1. The molecule has 0 aromatic heterocycles. The van der Waals surface area contributed by atoms with E-state index in [0.29, 0.717) is 18.8 Å². The van der Waals surface area contributed by atoms with Gasteiger partial charge < -0.3 is 5.32 Å². The second kappa shape index (κ2) is 9.35. The van der Waals surface area contributed by atoms with Gasteiger partial charge in [-0.15, -0.1) is 0 Å². The Morgan fingerprint density at radius 1 is 0.964 bits per heavy atom. The summed E-state index contributed by atoms with van der Waals surface area (Å²) in [5.41, 5.74) is 1.40. The lowest BCUT2D eigenvalue weighted by molar-refractivity contribution is -0.111. The van der Waals surface area contributed by atoms with E-state index in [1.54, 1.807) is 18.2 Å². The van der Waals surface area contributed by atoms with Gasteiger partial charge in [0, 0.05) is 39.4 Å². The molecule has 148 valence electrons. The van der Waals surface area contributed by atoms with Crippen molar-refractivity contribution in [3.05, 3.63) is 63.0 Å². The van der Waals surface area contributed by atoms with Gasteiger partial charge in [0.2, 0.25) is 15.9 Å². The smallest absolute Gasteiger partial charge is 0.248 e. The van der Waals surface area contributed by atoms with Crippen LogP contribution in [0.4, 0.5) is 5.69 Å². The summed E-state index contributed by atoms with van der Waals surface area (Å²) in [4.78, 5) is 12.4. The summed E-state index contributed by atoms with van der Waals surface area (Å²) in [6, 6.07) is 12.0. The predicted octanol–water partition coefficient (Wildman–Crippen LogP) is 5.04. The van der Waals surface area contributed by atoms with Gasteiger partial charge in [-0.1, -0.05) is 44.3 Å². The van der Waals surface area contributed by atoms with E-state index in [9.17, 15) is 13.2 Å². The molecule has 1 amide bonds. The van der Waals surface area contributed by atoms with Crippen molar-refractivity contribution in [2.45, 2.75) is 24.2 Å². The standard InChI is InChI=1S/C20H20Br2N2O3S/c21-18-5-4-6-19(22)17(18)11-12-20(25)23-15-7-9-16(10-8-15)28(26,27)24-13-2-1-3-14-24/h4-12H,1-3,13-14H2,(H,23,25). The van der Waals surface area contributed by atoms with Crippen molar-refractivity contribution in [1.82, 2.24) is 4.31 Å². The Kier molecular flexibility index (Phi) is 7.09. The third-order valence-corrected chi connectivity index (χ3v) is 7.77. The summed E-state index contributed by atoms with van der Waals surface area (Å²) in [5, 5.41) is 2.74. The number of halogens is 2. The molecule has 1 fully saturated rings. The van der Waals surface area contributed by atoms with E-state index in [1.165, 1.54) is 22.5 Å². The number of rotatable bonds is 5. The Balaban J connectivity index is 1.67. The summed E-state index contributed by atoms with van der Waals surface area (Å²) in [7, 11) is -3.47. The van der Waals surface area contributed by atoms with E-state index in [-0.39, 0.29) is 10.8 Å². The Hall–Kier alpha value is -1.48. The van der Waals surface area contributed by atoms with Gasteiger partial charge in [0.1, 0.15) is 0 Å². The average molecular weight is 528 g/mol. The molecule has 0 spiro atoms. The second-order valence-corrected chi connectivity index (χ2v) is 10.1. The van der Waals surface area contributed by atoms with Crippen LogP contribution < -0.4 is 5.32 Å². The first-order valence-electron chi connectivity index (χ1n) is 8.91. The summed E-state index contributed by atoms with van der Waals surface area (Å²) in [6.45, 7) is 1.13. The maximum Gasteiger partial charge on any atom is 0.248 e. The van der Waals surface area contributed by atoms with Gasteiger partial charge in [-0.25, -0.2) is 8.42 Å². The number of hydrogen-bond acceptors (Lipinski definition) is 3. The zero-order chi connectivity index (χ0) is 20.1. The van der Waals surface area contributed by atoms with Crippen LogP contribution in [0.2, 0.25) is 0 Å². The molecule has 0 bridgehead atoms. The Labute approximate surface area is 182 Å². The van der Waals surface area contributed by atoms with Crippen LogP contribution in [0.25, 0.3) is 6.08 Å². The third-order valence-electron chi connectivity index (χ3n) is 4.48. The van der Waals surface area contributed by atoms with E-state index < -0.39 is 10.0 Å². The highest BCUT2D eigenvalue weighted by molar-refractivity contribution is 9.11. The third kappa shape index (κ3) is 5.11. The second-order valence-electron chi connectivity index (χ2n) is 6.45. The number of sulfonamides is 1. The van der Waals surface area contributed by atoms with Crippen molar-refractivity contribution < 1.29 is 13.2 Å². The van der Waals surface area contributed by atoms with Crippen LogP contribution in [-0.2, 0) is 14.8 Å². The first-order valence-corrected chi connectivity index (χ1v) is 11.9. The van der Waals surface area contributed by atoms with Crippen LogP contribution in [-0.4, -0.2) is 31.7 Å². The van der Waals surface area contributed by atoms with Crippen molar-refractivity contribution in [3.8, 4) is 0 Å². The molecular formula is C20H20Br2N2O3S. The van der Waals surface area contributed by atoms with Crippen molar-refractivity contribution in [1.29, 1.82) is 0 Å². The molecule has 0 radical (unpaired) electrons. The lowest BCUT2D eigenvalue weighted by atomic mass is 10.2. The fraction of sp³-hybridized carbons (Fsp3) is 0.250. The number of hydrogen-bond donors (Lipinski definition) is 1. The number of carbonyl (C=O) groups excluding carboxylic acids is 1. The highest BCUT2D eigenvalue weighted by Gasteiger charge is 2.25. The van der Waals surface area contributed by atoms with Crippen LogP contribution in [0, 0.1) is 0 Å². The molecule has 1 aliphatic heterocycles. The van der Waals surface area contributed by atoms with Crippen LogP contribution in [0.3, 0.4) is 0 Å². The lowest BCUT2D eigenvalue weighted by Gasteiger charge is -2.25. The molecule has 0 aliphatic carbocycles. The first kappa shape index (κ1) is 21.2. The molecule has 3 rings (SSSR count). The normalized spacial score (nSPS) is 15.6. The van der Waals surface area contributed by atoms with Crippen LogP contribution in [0.5, 0.6) is 0 Å². The number of amides is 1. The summed E-state index contributed by atoms with van der Waals surface area (Å²) in [5.74, 6) is -0.297. The number of anilines is 1. The van der Waals surface area contributed by atoms with Gasteiger partial charge >= 0.3 is 0 Å². The first-order chi connectivity index (χ1) is 13.4. The minimum absolute atomic E-state index is 0.250. The van der Waals surface area contributed by atoms with Gasteiger partial charge in [-0.3, -0.25) is 4.79 Å². The summed E-state index contributed by atoms with van der Waals surface area (Å²) >= 11 is 6.90. The highest BCUT2D eigenvalue weighted by atomic mass is 79.9. The van der Waals surface area contributed by atoms with Crippen LogP contribution in [0.1, 0.15) is 24.8 Å². The Morgan fingerprint density at radius 2 is 1.57 bits per heavy atom. The number of nitrogens with zero attached hydrogens (tertiary/aromatic N) is 1. The largest absolute Gasteiger partial charge is 0.323 e.